The summed E-state index contributed by atoms with van der Waals surface area (Å²) in [5.74, 6) is 10.7. The Hall–Kier alpha value is 0.270. The number of likely N-dealkylation sites (tertiary alicyclic amines) is 2. The van der Waals surface area contributed by atoms with Crippen LogP contribution in [0.1, 0.15) is 193 Å². The van der Waals surface area contributed by atoms with Gasteiger partial charge in [-0.2, -0.15) is 11.8 Å². The third kappa shape index (κ3) is 6.13. The van der Waals surface area contributed by atoms with Crippen molar-refractivity contribution < 1.29 is 0 Å². The molecule has 3 aliphatic heterocycles. The second kappa shape index (κ2) is 14.6. The number of thioether (sulfide) groups is 1. The predicted octanol–water partition coefficient (Wildman–Crippen LogP) is 12.3. The summed E-state index contributed by atoms with van der Waals surface area (Å²) >= 11 is 2.50. The second-order valence-corrected chi connectivity index (χ2v) is 23.3. The van der Waals surface area contributed by atoms with Gasteiger partial charge >= 0.3 is 0 Å². The Morgan fingerprint density at radius 2 is 0.843 bits per heavy atom. The lowest BCUT2D eigenvalue weighted by atomic mass is 9.62. The third-order valence-electron chi connectivity index (χ3n) is 20.0. The largest absolute Gasteiger partial charge is 0.294 e. The van der Waals surface area contributed by atoms with Gasteiger partial charge in [-0.15, -0.1) is 0 Å². The van der Waals surface area contributed by atoms with Crippen LogP contribution in [0.15, 0.2) is 0 Å². The Morgan fingerprint density at radius 1 is 0.275 bits per heavy atom. The fraction of sp³-hybridized carbons (Fsp3) is 1.00. The quantitative estimate of drug-likeness (QED) is 0.286. The molecule has 0 spiro atoms. The Kier molecular flexibility index (Phi) is 9.91. The van der Waals surface area contributed by atoms with E-state index < -0.39 is 0 Å². The van der Waals surface area contributed by atoms with E-state index in [0.29, 0.717) is 0 Å². The molecule has 8 aliphatic carbocycles. The van der Waals surface area contributed by atoms with Crippen LogP contribution >= 0.6 is 11.8 Å². The summed E-state index contributed by atoms with van der Waals surface area (Å²) in [5.41, 5.74) is 0. The number of nitrogens with zero attached hydrogens (tertiary/aromatic N) is 2. The van der Waals surface area contributed by atoms with Crippen LogP contribution in [0.3, 0.4) is 0 Å². The average Bonchev–Trinajstić information content (AvgIpc) is 3.85. The highest BCUT2D eigenvalue weighted by Gasteiger charge is 2.58. The van der Waals surface area contributed by atoms with Gasteiger partial charge in [0.2, 0.25) is 0 Å². The first-order valence-corrected chi connectivity index (χ1v) is 25.4. The smallest absolute Gasteiger partial charge is 0.0135 e. The molecule has 0 aromatic heterocycles. The Bertz CT molecular complexity index is 1200. The van der Waals surface area contributed by atoms with Gasteiger partial charge in [0.1, 0.15) is 0 Å². The maximum Gasteiger partial charge on any atom is 0.0135 e. The van der Waals surface area contributed by atoms with Gasteiger partial charge in [0.25, 0.3) is 0 Å². The molecule has 17 atom stereocenters. The summed E-state index contributed by atoms with van der Waals surface area (Å²) in [7, 11) is 0. The molecule has 3 heterocycles. The molecule has 17 unspecified atom stereocenters. The topological polar surface area (TPSA) is 6.48 Å². The van der Waals surface area contributed by atoms with E-state index in [4.69, 9.17) is 0 Å². The van der Waals surface area contributed by atoms with Crippen LogP contribution in [0.2, 0.25) is 0 Å². The van der Waals surface area contributed by atoms with Crippen molar-refractivity contribution in [1.29, 1.82) is 0 Å². The van der Waals surface area contributed by atoms with Crippen LogP contribution in [-0.4, -0.2) is 56.6 Å². The van der Waals surface area contributed by atoms with Gasteiger partial charge < -0.3 is 0 Å². The van der Waals surface area contributed by atoms with Gasteiger partial charge in [0.05, 0.1) is 0 Å². The zero-order chi connectivity index (χ0) is 33.5. The van der Waals surface area contributed by atoms with E-state index in [1.165, 1.54) is 38.5 Å². The lowest BCUT2D eigenvalue weighted by Crippen LogP contribution is -2.51. The van der Waals surface area contributed by atoms with Gasteiger partial charge in [-0.1, -0.05) is 83.5 Å². The average molecular weight is 715 g/mol. The van der Waals surface area contributed by atoms with Crippen molar-refractivity contribution in [2.45, 2.75) is 239 Å². The van der Waals surface area contributed by atoms with Crippen LogP contribution in [0.5, 0.6) is 0 Å². The van der Waals surface area contributed by atoms with Gasteiger partial charge in [0, 0.05) is 46.8 Å². The van der Waals surface area contributed by atoms with Crippen molar-refractivity contribution in [3.8, 4) is 0 Å². The molecule has 0 aromatic rings. The van der Waals surface area contributed by atoms with Gasteiger partial charge in [-0.05, 0) is 168 Å². The minimum Gasteiger partial charge on any atom is -0.294 e. The summed E-state index contributed by atoms with van der Waals surface area (Å²) in [4.78, 5) is 6.76. The van der Waals surface area contributed by atoms with Crippen molar-refractivity contribution in [3.63, 3.8) is 0 Å². The second-order valence-electron chi connectivity index (χ2n) is 21.8. The van der Waals surface area contributed by atoms with E-state index in [9.17, 15) is 0 Å². The van der Waals surface area contributed by atoms with E-state index in [1.807, 2.05) is 0 Å². The van der Waals surface area contributed by atoms with Crippen molar-refractivity contribution >= 4 is 11.8 Å². The van der Waals surface area contributed by atoms with Gasteiger partial charge in [-0.25, -0.2) is 0 Å². The monoisotopic (exact) mass is 715 g/mol. The molecule has 0 radical (unpaired) electrons. The van der Waals surface area contributed by atoms with E-state index in [1.54, 1.807) is 154 Å². The summed E-state index contributed by atoms with van der Waals surface area (Å²) in [6, 6.07) is 5.77. The zero-order valence-corrected chi connectivity index (χ0v) is 33.7. The summed E-state index contributed by atoms with van der Waals surface area (Å²) in [6.07, 6.45) is 47.0. The fourth-order valence-corrected chi connectivity index (χ4v) is 20.2. The Balaban J connectivity index is 0.799. The van der Waals surface area contributed by atoms with Crippen molar-refractivity contribution in [2.75, 3.05) is 0 Å². The van der Waals surface area contributed by atoms with E-state index in [0.717, 1.165) is 106 Å². The van der Waals surface area contributed by atoms with Crippen LogP contribution in [0.25, 0.3) is 0 Å². The molecule has 11 fully saturated rings. The lowest BCUT2D eigenvalue weighted by molar-refractivity contribution is 0.0111. The maximum absolute atomic E-state index is 3.41. The molecule has 51 heavy (non-hydrogen) atoms. The van der Waals surface area contributed by atoms with Gasteiger partial charge in [-0.3, -0.25) is 9.80 Å². The Labute approximate surface area is 318 Å². The molecule has 286 valence electrons. The van der Waals surface area contributed by atoms with E-state index in [-0.39, 0.29) is 0 Å². The zero-order valence-electron chi connectivity index (χ0n) is 32.9. The summed E-state index contributed by atoms with van der Waals surface area (Å²) in [6.45, 7) is 0. The van der Waals surface area contributed by atoms with E-state index >= 15 is 0 Å². The molecule has 2 nitrogen and oxygen atoms in total. The first-order valence-electron chi connectivity index (χ1n) is 24.5. The highest BCUT2D eigenvalue weighted by molar-refractivity contribution is 8.00. The third-order valence-corrected chi connectivity index (χ3v) is 21.8. The minimum atomic E-state index is 0.946. The molecule has 0 N–H and O–H groups in total. The molecule has 8 saturated carbocycles. The van der Waals surface area contributed by atoms with Gasteiger partial charge in [0.15, 0.2) is 0 Å². The SMILES string of the molecule is C1CCC(C2CCCC(N3C4CCCCC4C4CC(C5CCC6C7CCCCC7N(C7CCC8SC9CCCCC9C8C7)C6C5)CCC43)C2)CC1. The minimum absolute atomic E-state index is 0.946. The van der Waals surface area contributed by atoms with Crippen molar-refractivity contribution in [2.24, 2.45) is 59.2 Å². The molecule has 11 rings (SSSR count). The van der Waals surface area contributed by atoms with Crippen molar-refractivity contribution in [3.05, 3.63) is 0 Å². The van der Waals surface area contributed by atoms with Crippen LogP contribution in [0.4, 0.5) is 0 Å². The molecule has 0 aromatic carbocycles. The predicted molar refractivity (Wildman–Crippen MR) is 215 cm³/mol. The molecule has 11 aliphatic rings. The molecule has 0 amide bonds. The highest BCUT2D eigenvalue weighted by Crippen LogP contribution is 2.60. The van der Waals surface area contributed by atoms with Crippen molar-refractivity contribution in [1.82, 2.24) is 9.80 Å². The number of fused-ring (bicyclic) bond motifs is 9. The number of rotatable bonds is 4. The number of hydrogen-bond donors (Lipinski definition) is 0. The number of hydrogen-bond acceptors (Lipinski definition) is 3. The molecule has 3 heteroatoms. The van der Waals surface area contributed by atoms with Crippen LogP contribution in [-0.2, 0) is 0 Å². The first-order chi connectivity index (χ1) is 25.3. The Morgan fingerprint density at radius 3 is 1.69 bits per heavy atom. The molecule has 0 bridgehead atoms. The molecule has 3 saturated heterocycles. The molecular weight excluding hydrogens is 637 g/mol. The lowest BCUT2D eigenvalue weighted by Gasteiger charge is -2.49. The maximum atomic E-state index is 3.41. The fourth-order valence-electron chi connectivity index (χ4n) is 18.1. The summed E-state index contributed by atoms with van der Waals surface area (Å²) < 4.78 is 0. The normalized spacial score (nSPS) is 53.8. The van der Waals surface area contributed by atoms with Crippen LogP contribution < -0.4 is 0 Å². The molecular formula is C48H78N2S. The first kappa shape index (κ1) is 34.5. The van der Waals surface area contributed by atoms with E-state index in [2.05, 4.69) is 21.6 Å². The summed E-state index contributed by atoms with van der Waals surface area (Å²) in [5, 5.41) is 2.08. The highest BCUT2D eigenvalue weighted by atomic mass is 32.2. The van der Waals surface area contributed by atoms with Crippen LogP contribution in [0, 0.1) is 59.2 Å². The standard InChI is InChI=1S/C48H78N2S/c1-2-11-31(12-3-1)32-13-10-14-35(27-32)49-44-19-8-5-16-38(44)41-28-33(22-25-45(41)49)34-21-24-39-37-15-4-7-18-43(37)50(46(39)29-34)36-23-26-48-42(30-36)40-17-6-9-20-47(40)51-48/h31-48H,1-30H2.